The lowest BCUT2D eigenvalue weighted by Crippen LogP contribution is -2.37. The number of nitrogens with zero attached hydrogens (tertiary/aromatic N) is 3. The summed E-state index contributed by atoms with van der Waals surface area (Å²) in [5, 5.41) is 7.43. The SMILES string of the molecule is Cc1cc(CN2CCCN(C(=S)Nc3cc(C(F)(F)F)ccc3Cl)CC2)no1. The summed E-state index contributed by atoms with van der Waals surface area (Å²) in [5.41, 5.74) is 0.259. The molecule has 0 atom stereocenters. The maximum absolute atomic E-state index is 12.9. The van der Waals surface area contributed by atoms with Gasteiger partial charge in [0.05, 0.1) is 22.0 Å². The topological polar surface area (TPSA) is 44.5 Å². The quantitative estimate of drug-likeness (QED) is 0.717. The molecule has 2 heterocycles. The van der Waals surface area contributed by atoms with Crippen molar-refractivity contribution >= 4 is 34.6 Å². The highest BCUT2D eigenvalue weighted by molar-refractivity contribution is 7.80. The summed E-state index contributed by atoms with van der Waals surface area (Å²) >= 11 is 11.5. The summed E-state index contributed by atoms with van der Waals surface area (Å²) < 4.78 is 43.9. The van der Waals surface area contributed by atoms with Crippen LogP contribution >= 0.6 is 23.8 Å². The molecule has 3 rings (SSSR count). The van der Waals surface area contributed by atoms with Gasteiger partial charge in [-0.3, -0.25) is 4.90 Å². The Labute approximate surface area is 171 Å². The van der Waals surface area contributed by atoms with Crippen molar-refractivity contribution in [3.8, 4) is 0 Å². The van der Waals surface area contributed by atoms with Crippen molar-refractivity contribution in [2.45, 2.75) is 26.1 Å². The van der Waals surface area contributed by atoms with E-state index < -0.39 is 11.7 Å². The molecule has 1 fully saturated rings. The standard InChI is InChI=1S/C18H20ClF3N4OS/c1-12-9-14(24-27-12)11-25-5-2-6-26(8-7-25)17(28)23-16-10-13(18(20,21)22)3-4-15(16)19/h3-4,9-10H,2,5-8,11H2,1H3,(H,23,28). The minimum atomic E-state index is -4.44. The van der Waals surface area contributed by atoms with E-state index in [2.05, 4.69) is 15.4 Å². The first kappa shape index (κ1) is 20.9. The van der Waals surface area contributed by atoms with Crippen LogP contribution in [0.4, 0.5) is 18.9 Å². The summed E-state index contributed by atoms with van der Waals surface area (Å²) in [7, 11) is 0. The van der Waals surface area contributed by atoms with Gasteiger partial charge in [0.2, 0.25) is 0 Å². The number of aromatic nitrogens is 1. The van der Waals surface area contributed by atoms with Gasteiger partial charge in [-0.2, -0.15) is 13.2 Å². The van der Waals surface area contributed by atoms with Crippen molar-refractivity contribution in [1.82, 2.24) is 15.0 Å². The number of aryl methyl sites for hydroxylation is 1. The van der Waals surface area contributed by atoms with Gasteiger partial charge in [-0.1, -0.05) is 16.8 Å². The molecule has 1 aliphatic heterocycles. The fourth-order valence-electron chi connectivity index (χ4n) is 3.05. The summed E-state index contributed by atoms with van der Waals surface area (Å²) in [6.45, 7) is 5.52. The second-order valence-corrected chi connectivity index (χ2v) is 7.46. The van der Waals surface area contributed by atoms with Gasteiger partial charge in [-0.25, -0.2) is 0 Å². The molecule has 0 radical (unpaired) electrons. The zero-order valence-corrected chi connectivity index (χ0v) is 16.8. The number of alkyl halides is 3. The van der Waals surface area contributed by atoms with Crippen LogP contribution in [0.2, 0.25) is 5.02 Å². The number of halogens is 4. The van der Waals surface area contributed by atoms with Crippen LogP contribution in [-0.2, 0) is 12.7 Å². The number of hydrogen-bond acceptors (Lipinski definition) is 4. The van der Waals surface area contributed by atoms with Crippen LogP contribution < -0.4 is 5.32 Å². The molecule has 0 amide bonds. The predicted molar refractivity (Wildman–Crippen MR) is 105 cm³/mol. The molecule has 1 saturated heterocycles. The van der Waals surface area contributed by atoms with E-state index in [0.29, 0.717) is 24.7 Å². The van der Waals surface area contributed by atoms with Gasteiger partial charge >= 0.3 is 6.18 Å². The zero-order chi connectivity index (χ0) is 20.3. The van der Waals surface area contributed by atoms with Gasteiger partial charge < -0.3 is 14.7 Å². The van der Waals surface area contributed by atoms with E-state index in [1.165, 1.54) is 6.07 Å². The van der Waals surface area contributed by atoms with Gasteiger partial charge in [-0.05, 0) is 43.8 Å². The van der Waals surface area contributed by atoms with Crippen LogP contribution in [0.1, 0.15) is 23.4 Å². The van der Waals surface area contributed by atoms with E-state index in [9.17, 15) is 13.2 Å². The molecule has 1 aromatic heterocycles. The number of nitrogens with one attached hydrogen (secondary N) is 1. The molecule has 1 aliphatic rings. The maximum atomic E-state index is 12.9. The Morgan fingerprint density at radius 3 is 2.71 bits per heavy atom. The molecule has 0 bridgehead atoms. The van der Waals surface area contributed by atoms with Gasteiger partial charge in [0.1, 0.15) is 5.76 Å². The zero-order valence-electron chi connectivity index (χ0n) is 15.2. The van der Waals surface area contributed by atoms with Crippen molar-refractivity contribution in [2.24, 2.45) is 0 Å². The molecule has 10 heteroatoms. The largest absolute Gasteiger partial charge is 0.416 e. The molecule has 1 aromatic carbocycles. The summed E-state index contributed by atoms with van der Waals surface area (Å²) in [6.07, 6.45) is -3.57. The van der Waals surface area contributed by atoms with Gasteiger partial charge in [0.25, 0.3) is 0 Å². The molecule has 0 aliphatic carbocycles. The van der Waals surface area contributed by atoms with E-state index in [0.717, 1.165) is 43.1 Å². The molecule has 152 valence electrons. The molecule has 0 unspecified atom stereocenters. The second-order valence-electron chi connectivity index (χ2n) is 6.67. The fourth-order valence-corrected chi connectivity index (χ4v) is 3.50. The van der Waals surface area contributed by atoms with Crippen molar-refractivity contribution < 1.29 is 17.7 Å². The van der Waals surface area contributed by atoms with E-state index in [4.69, 9.17) is 28.3 Å². The third kappa shape index (κ3) is 5.36. The Kier molecular flexibility index (Phi) is 6.47. The Bertz CT molecular complexity index is 842. The number of hydrogen-bond donors (Lipinski definition) is 1. The summed E-state index contributed by atoms with van der Waals surface area (Å²) in [4.78, 5) is 4.19. The Morgan fingerprint density at radius 2 is 2.04 bits per heavy atom. The first-order valence-corrected chi connectivity index (χ1v) is 9.58. The molecule has 0 saturated carbocycles. The van der Waals surface area contributed by atoms with Crippen LogP contribution in [0, 0.1) is 6.92 Å². The average Bonchev–Trinajstić information content (AvgIpc) is 2.88. The Morgan fingerprint density at radius 1 is 1.25 bits per heavy atom. The molecule has 28 heavy (non-hydrogen) atoms. The number of rotatable bonds is 3. The van der Waals surface area contributed by atoms with Crippen molar-refractivity contribution in [2.75, 3.05) is 31.5 Å². The molecular formula is C18H20ClF3N4OS. The second kappa shape index (κ2) is 8.67. The lowest BCUT2D eigenvalue weighted by Gasteiger charge is -2.25. The summed E-state index contributed by atoms with van der Waals surface area (Å²) in [5.74, 6) is 0.773. The van der Waals surface area contributed by atoms with Crippen LogP contribution in [0.3, 0.4) is 0 Å². The maximum Gasteiger partial charge on any atom is 0.416 e. The molecule has 5 nitrogen and oxygen atoms in total. The van der Waals surface area contributed by atoms with Gasteiger partial charge in [0.15, 0.2) is 5.11 Å². The minimum absolute atomic E-state index is 0.153. The third-order valence-corrected chi connectivity index (χ3v) is 5.16. The Balaban J connectivity index is 1.61. The first-order valence-electron chi connectivity index (χ1n) is 8.79. The van der Waals surface area contributed by atoms with Crippen LogP contribution in [0.5, 0.6) is 0 Å². The van der Waals surface area contributed by atoms with Gasteiger partial charge in [0, 0.05) is 38.8 Å². The minimum Gasteiger partial charge on any atom is -0.361 e. The van der Waals surface area contributed by atoms with Crippen LogP contribution in [-0.4, -0.2) is 46.2 Å². The average molecular weight is 433 g/mol. The van der Waals surface area contributed by atoms with E-state index in [1.807, 2.05) is 17.9 Å². The van der Waals surface area contributed by atoms with Gasteiger partial charge in [-0.15, -0.1) is 0 Å². The molecular weight excluding hydrogens is 413 g/mol. The third-order valence-electron chi connectivity index (χ3n) is 4.47. The van der Waals surface area contributed by atoms with Crippen molar-refractivity contribution in [1.29, 1.82) is 0 Å². The lowest BCUT2D eigenvalue weighted by molar-refractivity contribution is -0.137. The summed E-state index contributed by atoms with van der Waals surface area (Å²) in [6, 6.07) is 5.06. The van der Waals surface area contributed by atoms with E-state index >= 15 is 0 Å². The Hall–Kier alpha value is -1.84. The fraction of sp³-hybridized carbons (Fsp3) is 0.444. The number of thiocarbonyl (C=S) groups is 1. The number of anilines is 1. The smallest absolute Gasteiger partial charge is 0.361 e. The highest BCUT2D eigenvalue weighted by Crippen LogP contribution is 2.34. The monoisotopic (exact) mass is 432 g/mol. The normalized spacial score (nSPS) is 16.1. The predicted octanol–water partition coefficient (Wildman–Crippen LogP) is 4.56. The highest BCUT2D eigenvalue weighted by atomic mass is 35.5. The van der Waals surface area contributed by atoms with Crippen molar-refractivity contribution in [3.05, 3.63) is 46.3 Å². The van der Waals surface area contributed by atoms with Crippen LogP contribution in [0.15, 0.2) is 28.8 Å². The van der Waals surface area contributed by atoms with E-state index in [-0.39, 0.29) is 10.7 Å². The molecule has 0 spiro atoms. The lowest BCUT2D eigenvalue weighted by atomic mass is 10.2. The van der Waals surface area contributed by atoms with Crippen LogP contribution in [0.25, 0.3) is 0 Å². The molecule has 1 N–H and O–H groups in total. The van der Waals surface area contributed by atoms with E-state index in [1.54, 1.807) is 0 Å². The highest BCUT2D eigenvalue weighted by Gasteiger charge is 2.31. The molecule has 2 aromatic rings. The number of benzene rings is 1. The van der Waals surface area contributed by atoms with Crippen molar-refractivity contribution in [3.63, 3.8) is 0 Å². The first-order chi connectivity index (χ1) is 13.2.